The summed E-state index contributed by atoms with van der Waals surface area (Å²) in [5.74, 6) is 2.48. The van der Waals surface area contributed by atoms with Crippen LogP contribution in [0.4, 0.5) is 0 Å². The van der Waals surface area contributed by atoms with Gasteiger partial charge in [-0.1, -0.05) is 42.5 Å². The fourth-order valence-corrected chi connectivity index (χ4v) is 3.92. The Kier molecular flexibility index (Phi) is 8.09. The van der Waals surface area contributed by atoms with Crippen LogP contribution in [0.3, 0.4) is 0 Å². The van der Waals surface area contributed by atoms with E-state index in [2.05, 4.69) is 57.2 Å². The van der Waals surface area contributed by atoms with Crippen molar-refractivity contribution in [3.05, 3.63) is 66.0 Å². The lowest BCUT2D eigenvalue weighted by molar-refractivity contribution is 0.0906. The van der Waals surface area contributed by atoms with Gasteiger partial charge in [-0.05, 0) is 24.1 Å². The Labute approximate surface area is 195 Å². The molecule has 0 spiro atoms. The van der Waals surface area contributed by atoms with Crippen LogP contribution in [0.25, 0.3) is 11.0 Å². The summed E-state index contributed by atoms with van der Waals surface area (Å²) in [5, 5.41) is 3.48. The summed E-state index contributed by atoms with van der Waals surface area (Å²) in [6.07, 6.45) is 1.13. The third-order valence-corrected chi connectivity index (χ3v) is 5.55. The predicted octanol–water partition coefficient (Wildman–Crippen LogP) is 3.81. The van der Waals surface area contributed by atoms with E-state index in [1.54, 1.807) is 0 Å². The first-order chi connectivity index (χ1) is 14.2. The minimum Gasteiger partial charge on any atom is -0.376 e. The van der Waals surface area contributed by atoms with Crippen LogP contribution in [0.15, 0.2) is 59.6 Å². The van der Waals surface area contributed by atoms with Crippen molar-refractivity contribution in [1.29, 1.82) is 0 Å². The number of rotatable bonds is 6. The fourth-order valence-electron chi connectivity index (χ4n) is 3.92. The maximum absolute atomic E-state index is 5.94. The number of benzene rings is 2. The van der Waals surface area contributed by atoms with E-state index in [9.17, 15) is 0 Å². The first kappa shape index (κ1) is 22.6. The average Bonchev–Trinajstić information content (AvgIpc) is 3.35. The molecule has 0 bridgehead atoms. The Morgan fingerprint density at radius 2 is 1.93 bits per heavy atom. The van der Waals surface area contributed by atoms with Crippen molar-refractivity contribution in [1.82, 2.24) is 19.8 Å². The average molecular weight is 519 g/mol. The van der Waals surface area contributed by atoms with Gasteiger partial charge in [-0.2, -0.15) is 0 Å². The van der Waals surface area contributed by atoms with Crippen molar-refractivity contribution in [2.75, 3.05) is 26.7 Å². The molecule has 0 amide bonds. The largest absolute Gasteiger partial charge is 0.376 e. The lowest BCUT2D eigenvalue weighted by Gasteiger charge is -2.21. The molecule has 1 atom stereocenters. The Bertz CT molecular complexity index is 972. The second-order valence-corrected chi connectivity index (χ2v) is 7.58. The number of para-hydroxylation sites is 2. The Hall–Kier alpha value is -2.13. The molecule has 1 aliphatic heterocycles. The third kappa shape index (κ3) is 5.31. The molecule has 1 aromatic heterocycles. The molecule has 2 aromatic carbocycles. The zero-order chi connectivity index (χ0) is 20.1. The minimum atomic E-state index is 0. The number of likely N-dealkylation sites (tertiary alicyclic amines) is 1. The fraction of sp³-hybridized carbons (Fsp3) is 0.391. The normalized spacial score (nSPS) is 16.7. The van der Waals surface area contributed by atoms with E-state index in [-0.39, 0.29) is 24.0 Å². The smallest absolute Gasteiger partial charge is 0.194 e. The van der Waals surface area contributed by atoms with Crippen molar-refractivity contribution in [3.63, 3.8) is 0 Å². The van der Waals surface area contributed by atoms with Gasteiger partial charge in [-0.3, -0.25) is 4.99 Å². The van der Waals surface area contributed by atoms with Crippen LogP contribution in [-0.4, -0.2) is 47.2 Å². The number of halogens is 1. The van der Waals surface area contributed by atoms with Crippen LogP contribution < -0.4 is 5.32 Å². The first-order valence-electron chi connectivity index (χ1n) is 10.2. The molecule has 0 radical (unpaired) electrons. The third-order valence-electron chi connectivity index (χ3n) is 5.55. The summed E-state index contributed by atoms with van der Waals surface area (Å²) in [4.78, 5) is 11.5. The maximum atomic E-state index is 5.94. The summed E-state index contributed by atoms with van der Waals surface area (Å²) in [6.45, 7) is 4.09. The molecule has 3 aromatic rings. The summed E-state index contributed by atoms with van der Waals surface area (Å²) in [5.41, 5.74) is 3.40. The number of aliphatic imine (C=N–C) groups is 1. The van der Waals surface area contributed by atoms with Gasteiger partial charge in [-0.25, -0.2) is 4.98 Å². The number of nitrogens with one attached hydrogen (secondary N) is 1. The van der Waals surface area contributed by atoms with Crippen molar-refractivity contribution in [2.24, 2.45) is 18.0 Å². The first-order valence-corrected chi connectivity index (χ1v) is 10.2. The molecular formula is C23H30IN5O. The quantitative estimate of drug-likeness (QED) is 0.306. The SMILES string of the molecule is CN=C(NCc1nc2ccccc2n1C)N1CCC(COCc2ccccc2)C1.I. The number of fused-ring (bicyclic) bond motifs is 1. The topological polar surface area (TPSA) is 54.7 Å². The molecule has 2 heterocycles. The minimum absolute atomic E-state index is 0. The van der Waals surface area contributed by atoms with Crippen LogP contribution >= 0.6 is 24.0 Å². The van der Waals surface area contributed by atoms with Crippen LogP contribution in [0.5, 0.6) is 0 Å². The maximum Gasteiger partial charge on any atom is 0.194 e. The Morgan fingerprint density at radius 1 is 1.17 bits per heavy atom. The number of aryl methyl sites for hydroxylation is 1. The van der Waals surface area contributed by atoms with Crippen LogP contribution in [0.1, 0.15) is 17.8 Å². The summed E-state index contributed by atoms with van der Waals surface area (Å²) in [7, 11) is 3.90. The van der Waals surface area contributed by atoms with E-state index in [0.29, 0.717) is 19.1 Å². The van der Waals surface area contributed by atoms with Crippen molar-refractivity contribution >= 4 is 41.0 Å². The summed E-state index contributed by atoms with van der Waals surface area (Å²) >= 11 is 0. The molecule has 0 aliphatic carbocycles. The van der Waals surface area contributed by atoms with Gasteiger partial charge in [0.05, 0.1) is 30.8 Å². The highest BCUT2D eigenvalue weighted by Gasteiger charge is 2.25. The molecule has 6 nitrogen and oxygen atoms in total. The van der Waals surface area contributed by atoms with Crippen molar-refractivity contribution in [3.8, 4) is 0 Å². The summed E-state index contributed by atoms with van der Waals surface area (Å²) < 4.78 is 8.08. The van der Waals surface area contributed by atoms with Gasteiger partial charge < -0.3 is 19.5 Å². The van der Waals surface area contributed by atoms with E-state index in [1.165, 1.54) is 5.56 Å². The van der Waals surface area contributed by atoms with Crippen LogP contribution in [0.2, 0.25) is 0 Å². The lowest BCUT2D eigenvalue weighted by atomic mass is 10.1. The Balaban J connectivity index is 0.00000256. The van der Waals surface area contributed by atoms with E-state index < -0.39 is 0 Å². The number of ether oxygens (including phenoxy) is 1. The molecule has 160 valence electrons. The zero-order valence-corrected chi connectivity index (χ0v) is 20.0. The standard InChI is InChI=1S/C23H29N5O.HI/c1-24-23(25-14-22-26-20-10-6-7-11-21(20)27(22)2)28-13-12-19(15-28)17-29-16-18-8-4-3-5-9-18;/h3-11,19H,12-17H2,1-2H3,(H,24,25);1H. The highest BCUT2D eigenvalue weighted by atomic mass is 127. The molecule has 1 fully saturated rings. The van der Waals surface area contributed by atoms with Gasteiger partial charge in [0, 0.05) is 33.1 Å². The van der Waals surface area contributed by atoms with E-state index in [0.717, 1.165) is 48.9 Å². The predicted molar refractivity (Wildman–Crippen MR) is 132 cm³/mol. The van der Waals surface area contributed by atoms with Crippen LogP contribution in [-0.2, 0) is 24.9 Å². The number of guanidine groups is 1. The van der Waals surface area contributed by atoms with E-state index in [1.807, 2.05) is 31.3 Å². The van der Waals surface area contributed by atoms with Crippen molar-refractivity contribution in [2.45, 2.75) is 19.6 Å². The molecule has 7 heteroatoms. The van der Waals surface area contributed by atoms with Crippen molar-refractivity contribution < 1.29 is 4.74 Å². The van der Waals surface area contributed by atoms with E-state index in [4.69, 9.17) is 9.72 Å². The number of hydrogen-bond acceptors (Lipinski definition) is 3. The molecule has 1 N–H and O–H groups in total. The van der Waals surface area contributed by atoms with Gasteiger partial charge in [0.1, 0.15) is 5.82 Å². The monoisotopic (exact) mass is 519 g/mol. The van der Waals surface area contributed by atoms with Gasteiger partial charge in [0.2, 0.25) is 0 Å². The van der Waals surface area contributed by atoms with Gasteiger partial charge in [-0.15, -0.1) is 24.0 Å². The molecule has 1 aliphatic rings. The molecule has 4 rings (SSSR count). The van der Waals surface area contributed by atoms with Gasteiger partial charge in [0.15, 0.2) is 5.96 Å². The second-order valence-electron chi connectivity index (χ2n) is 7.58. The highest BCUT2D eigenvalue weighted by Crippen LogP contribution is 2.18. The van der Waals surface area contributed by atoms with Gasteiger partial charge in [0.25, 0.3) is 0 Å². The molecule has 30 heavy (non-hydrogen) atoms. The molecule has 1 saturated heterocycles. The number of hydrogen-bond donors (Lipinski definition) is 1. The molecule has 1 unspecified atom stereocenters. The number of imidazole rings is 1. The lowest BCUT2D eigenvalue weighted by Crippen LogP contribution is -2.40. The molecular weight excluding hydrogens is 489 g/mol. The van der Waals surface area contributed by atoms with Crippen LogP contribution in [0, 0.1) is 5.92 Å². The summed E-state index contributed by atoms with van der Waals surface area (Å²) in [6, 6.07) is 18.6. The van der Waals surface area contributed by atoms with E-state index >= 15 is 0 Å². The molecule has 0 saturated carbocycles. The number of nitrogens with zero attached hydrogens (tertiary/aromatic N) is 4. The number of aromatic nitrogens is 2. The zero-order valence-electron chi connectivity index (χ0n) is 17.6. The highest BCUT2D eigenvalue weighted by molar-refractivity contribution is 14.0. The second kappa shape index (κ2) is 10.8. The Morgan fingerprint density at radius 3 is 2.70 bits per heavy atom. The van der Waals surface area contributed by atoms with Gasteiger partial charge >= 0.3 is 0 Å².